The van der Waals surface area contributed by atoms with Crippen molar-refractivity contribution in [2.75, 3.05) is 11.9 Å². The second-order valence-corrected chi connectivity index (χ2v) is 13.3. The lowest BCUT2D eigenvalue weighted by Crippen LogP contribution is -2.58. The molecule has 1 spiro atoms. The lowest BCUT2D eigenvalue weighted by atomic mass is 9.75. The largest absolute Gasteiger partial charge is 0.463 e. The molecule has 0 amide bonds. The summed E-state index contributed by atoms with van der Waals surface area (Å²) in [7, 11) is 2.11. The number of nitriles is 1. The number of hydrogen-bond acceptors (Lipinski definition) is 3. The molecular formula is C46H36N2O. The molecule has 0 N–H and O–H groups in total. The highest BCUT2D eigenvalue weighted by Gasteiger charge is 2.57. The molecule has 6 aromatic rings. The SMILES string of the molecule is CN1c2ccc(-c3ccc(C(=C(c4ccccc4)c4ccccc4)c4ccccc4)cc3)cc2C(C)(C)C12C=Cc1cc(C#N)ccc1O2. The van der Waals surface area contributed by atoms with Gasteiger partial charge in [0.1, 0.15) is 5.75 Å². The van der Waals surface area contributed by atoms with Gasteiger partial charge in [0.25, 0.3) is 0 Å². The molecule has 0 aliphatic carbocycles. The maximum absolute atomic E-state index is 9.40. The smallest absolute Gasteiger partial charge is 0.211 e. The average Bonchev–Trinajstić information content (AvgIpc) is 3.31. The van der Waals surface area contributed by atoms with E-state index in [0.717, 1.165) is 28.1 Å². The number of fused-ring (bicyclic) bond motifs is 2. The molecule has 49 heavy (non-hydrogen) atoms. The maximum Gasteiger partial charge on any atom is 0.211 e. The molecule has 8 rings (SSSR count). The van der Waals surface area contributed by atoms with E-state index in [-0.39, 0.29) is 5.41 Å². The van der Waals surface area contributed by atoms with Crippen molar-refractivity contribution in [3.63, 3.8) is 0 Å². The van der Waals surface area contributed by atoms with Crippen molar-refractivity contribution in [3.8, 4) is 22.9 Å². The van der Waals surface area contributed by atoms with Crippen molar-refractivity contribution < 1.29 is 4.74 Å². The first-order valence-electron chi connectivity index (χ1n) is 16.7. The van der Waals surface area contributed by atoms with Crippen LogP contribution in [0.4, 0.5) is 5.69 Å². The van der Waals surface area contributed by atoms with E-state index in [2.05, 4.69) is 177 Å². The van der Waals surface area contributed by atoms with Crippen LogP contribution in [0.5, 0.6) is 5.75 Å². The molecular weight excluding hydrogens is 597 g/mol. The normalized spacial score (nSPS) is 16.7. The fourth-order valence-corrected chi connectivity index (χ4v) is 7.62. The lowest BCUT2D eigenvalue weighted by Gasteiger charge is -2.45. The topological polar surface area (TPSA) is 36.3 Å². The van der Waals surface area contributed by atoms with Gasteiger partial charge in [-0.15, -0.1) is 0 Å². The van der Waals surface area contributed by atoms with Crippen molar-refractivity contribution in [3.05, 3.63) is 197 Å². The van der Waals surface area contributed by atoms with Gasteiger partial charge in [0.15, 0.2) is 0 Å². The number of likely N-dealkylation sites (N-methyl/N-ethyl adjacent to an activating group) is 1. The van der Waals surface area contributed by atoms with Gasteiger partial charge in [-0.1, -0.05) is 121 Å². The third-order valence-electron chi connectivity index (χ3n) is 10.3. The number of nitrogens with zero attached hydrogens (tertiary/aromatic N) is 2. The molecule has 3 heteroatoms. The van der Waals surface area contributed by atoms with E-state index in [0.29, 0.717) is 5.56 Å². The van der Waals surface area contributed by atoms with Crippen LogP contribution in [0, 0.1) is 11.3 Å². The highest BCUT2D eigenvalue weighted by atomic mass is 16.5. The zero-order chi connectivity index (χ0) is 33.6. The summed E-state index contributed by atoms with van der Waals surface area (Å²) in [6.07, 6.45) is 4.25. The van der Waals surface area contributed by atoms with E-state index in [1.807, 2.05) is 18.2 Å². The third kappa shape index (κ3) is 4.96. The van der Waals surface area contributed by atoms with Crippen LogP contribution in [0.25, 0.3) is 28.3 Å². The van der Waals surface area contributed by atoms with Crippen LogP contribution in [0.1, 0.15) is 52.8 Å². The van der Waals surface area contributed by atoms with Gasteiger partial charge in [-0.05, 0) is 106 Å². The van der Waals surface area contributed by atoms with E-state index >= 15 is 0 Å². The van der Waals surface area contributed by atoms with Gasteiger partial charge < -0.3 is 9.64 Å². The van der Waals surface area contributed by atoms with Crippen LogP contribution in [0.15, 0.2) is 158 Å². The van der Waals surface area contributed by atoms with Gasteiger partial charge in [0.2, 0.25) is 5.72 Å². The number of rotatable bonds is 5. The molecule has 0 saturated carbocycles. The molecule has 2 aliphatic rings. The van der Waals surface area contributed by atoms with Gasteiger partial charge >= 0.3 is 0 Å². The van der Waals surface area contributed by atoms with E-state index in [4.69, 9.17) is 4.74 Å². The fraction of sp³-hybridized carbons (Fsp3) is 0.109. The second kappa shape index (κ2) is 11.8. The summed E-state index contributed by atoms with van der Waals surface area (Å²) in [6, 6.07) is 55.7. The van der Waals surface area contributed by atoms with Crippen LogP contribution in [0.3, 0.4) is 0 Å². The van der Waals surface area contributed by atoms with E-state index in [1.54, 1.807) is 0 Å². The Labute approximate surface area is 288 Å². The molecule has 0 saturated heterocycles. The molecule has 1 atom stereocenters. The summed E-state index contributed by atoms with van der Waals surface area (Å²) in [6.45, 7) is 4.51. The quantitative estimate of drug-likeness (QED) is 0.177. The number of anilines is 1. The van der Waals surface area contributed by atoms with Crippen molar-refractivity contribution in [2.24, 2.45) is 0 Å². The van der Waals surface area contributed by atoms with Crippen LogP contribution in [0.2, 0.25) is 0 Å². The van der Waals surface area contributed by atoms with Gasteiger partial charge in [0.05, 0.1) is 17.0 Å². The first-order valence-corrected chi connectivity index (χ1v) is 16.7. The lowest BCUT2D eigenvalue weighted by molar-refractivity contribution is 0.0582. The van der Waals surface area contributed by atoms with E-state index in [1.165, 1.54) is 39.0 Å². The summed E-state index contributed by atoms with van der Waals surface area (Å²) in [5.74, 6) is 0.790. The predicted octanol–water partition coefficient (Wildman–Crippen LogP) is 10.8. The van der Waals surface area contributed by atoms with Crippen LogP contribution >= 0.6 is 0 Å². The minimum Gasteiger partial charge on any atom is -0.463 e. The van der Waals surface area contributed by atoms with Crippen LogP contribution < -0.4 is 9.64 Å². The van der Waals surface area contributed by atoms with Crippen molar-refractivity contribution >= 4 is 22.9 Å². The first kappa shape index (κ1) is 30.2. The molecule has 1 unspecified atom stereocenters. The Morgan fingerprint density at radius 1 is 0.612 bits per heavy atom. The van der Waals surface area contributed by atoms with Crippen LogP contribution in [-0.4, -0.2) is 12.8 Å². The summed E-state index contributed by atoms with van der Waals surface area (Å²) in [4.78, 5) is 2.25. The second-order valence-electron chi connectivity index (χ2n) is 13.3. The number of benzene rings is 6. The highest BCUT2D eigenvalue weighted by molar-refractivity contribution is 6.04. The van der Waals surface area contributed by atoms with Gasteiger partial charge in [-0.2, -0.15) is 5.26 Å². The zero-order valence-electron chi connectivity index (χ0n) is 27.9. The molecule has 236 valence electrons. The minimum absolute atomic E-state index is 0.362. The Hall–Kier alpha value is -6.11. The Balaban J connectivity index is 1.20. The Kier molecular flexibility index (Phi) is 7.31. The summed E-state index contributed by atoms with van der Waals surface area (Å²) in [5.41, 5.74) is 12.3. The molecule has 0 radical (unpaired) electrons. The molecule has 0 aromatic heterocycles. The monoisotopic (exact) mass is 632 g/mol. The summed E-state index contributed by atoms with van der Waals surface area (Å²) >= 11 is 0. The predicted molar refractivity (Wildman–Crippen MR) is 201 cm³/mol. The first-order chi connectivity index (χ1) is 23.9. The molecule has 0 bridgehead atoms. The molecule has 6 aromatic carbocycles. The zero-order valence-corrected chi connectivity index (χ0v) is 27.9. The molecule has 2 aliphatic heterocycles. The number of ether oxygens (including phenoxy) is 1. The third-order valence-corrected chi connectivity index (χ3v) is 10.3. The molecule has 3 nitrogen and oxygen atoms in total. The van der Waals surface area contributed by atoms with E-state index in [9.17, 15) is 5.26 Å². The molecule has 2 heterocycles. The Morgan fingerprint density at radius 3 is 1.69 bits per heavy atom. The van der Waals surface area contributed by atoms with Crippen molar-refractivity contribution in [1.82, 2.24) is 0 Å². The summed E-state index contributed by atoms with van der Waals surface area (Å²) in [5, 5.41) is 9.40. The van der Waals surface area contributed by atoms with Gasteiger partial charge in [-0.25, -0.2) is 0 Å². The van der Waals surface area contributed by atoms with Gasteiger partial charge in [0, 0.05) is 18.3 Å². The standard InChI is InChI=1S/C46H36N2O/c1-45(2)40-30-38(24-25-41(40)48(3)46(45)28-27-39-29-32(31-47)19-26-42(39)49-46)33-20-22-37(23-21-33)44(36-17-11-6-12-18-36)43(34-13-7-4-8-14-34)35-15-9-5-10-16-35/h4-30H,1-3H3. The van der Waals surface area contributed by atoms with Crippen molar-refractivity contribution in [2.45, 2.75) is 25.0 Å². The van der Waals surface area contributed by atoms with Crippen molar-refractivity contribution in [1.29, 1.82) is 5.26 Å². The maximum atomic E-state index is 9.40. The summed E-state index contributed by atoms with van der Waals surface area (Å²) < 4.78 is 6.84. The Morgan fingerprint density at radius 2 is 1.14 bits per heavy atom. The highest BCUT2D eigenvalue weighted by Crippen LogP contribution is 2.55. The van der Waals surface area contributed by atoms with Crippen LogP contribution in [-0.2, 0) is 5.41 Å². The van der Waals surface area contributed by atoms with E-state index < -0.39 is 5.72 Å². The molecule has 0 fully saturated rings. The Bertz CT molecular complexity index is 2240. The minimum atomic E-state index is -0.695. The number of hydrogen-bond donors (Lipinski definition) is 0. The van der Waals surface area contributed by atoms with Gasteiger partial charge in [-0.3, -0.25) is 0 Å². The average molecular weight is 633 g/mol. The fourth-order valence-electron chi connectivity index (χ4n) is 7.62.